The van der Waals surface area contributed by atoms with E-state index in [1.54, 1.807) is 18.2 Å². The second kappa shape index (κ2) is 6.26. The molecule has 0 spiro atoms. The van der Waals surface area contributed by atoms with E-state index in [-0.39, 0.29) is 6.54 Å². The summed E-state index contributed by atoms with van der Waals surface area (Å²) in [7, 11) is 0. The van der Waals surface area contributed by atoms with E-state index in [0.29, 0.717) is 35.0 Å². The van der Waals surface area contributed by atoms with Gasteiger partial charge in [0.15, 0.2) is 0 Å². The van der Waals surface area contributed by atoms with Gasteiger partial charge in [-0.05, 0) is 45.7 Å². The van der Waals surface area contributed by atoms with Crippen LogP contribution in [0.2, 0.25) is 10.0 Å². The fourth-order valence-corrected chi connectivity index (χ4v) is 3.41. The molecule has 1 aliphatic heterocycles. The Morgan fingerprint density at radius 1 is 1.32 bits per heavy atom. The van der Waals surface area contributed by atoms with Crippen molar-refractivity contribution >= 4 is 29.3 Å². The number of aliphatic hydroxyl groups is 1. The van der Waals surface area contributed by atoms with Gasteiger partial charge < -0.3 is 14.7 Å². The van der Waals surface area contributed by atoms with E-state index in [1.807, 2.05) is 20.8 Å². The number of amides is 1. The van der Waals surface area contributed by atoms with Crippen LogP contribution >= 0.6 is 23.2 Å². The lowest BCUT2D eigenvalue weighted by molar-refractivity contribution is -0.0464. The summed E-state index contributed by atoms with van der Waals surface area (Å²) in [6.07, 6.45) is 0.710. The summed E-state index contributed by atoms with van der Waals surface area (Å²) >= 11 is 12.4. The topological polar surface area (TPSA) is 49.8 Å². The minimum Gasteiger partial charge on any atom is -0.444 e. The van der Waals surface area contributed by atoms with Crippen LogP contribution in [0.4, 0.5) is 4.79 Å². The van der Waals surface area contributed by atoms with Crippen molar-refractivity contribution in [2.24, 2.45) is 0 Å². The number of halogens is 2. The van der Waals surface area contributed by atoms with Crippen molar-refractivity contribution in [3.63, 3.8) is 0 Å². The summed E-state index contributed by atoms with van der Waals surface area (Å²) in [5, 5.41) is 11.8. The van der Waals surface area contributed by atoms with Crippen LogP contribution in [-0.2, 0) is 10.3 Å². The number of β-amino-alcohol motifs (C(OH)–C–C–N with tert-alkyl or cyclic N) is 1. The summed E-state index contributed by atoms with van der Waals surface area (Å²) in [6.45, 7) is 6.09. The van der Waals surface area contributed by atoms with Crippen LogP contribution in [0.1, 0.15) is 39.2 Å². The Bertz CT molecular complexity index is 551. The van der Waals surface area contributed by atoms with Crippen LogP contribution in [-0.4, -0.2) is 34.8 Å². The Morgan fingerprint density at radius 2 is 1.91 bits per heavy atom. The molecule has 0 unspecified atom stereocenters. The zero-order valence-corrected chi connectivity index (χ0v) is 14.5. The molecule has 0 radical (unpaired) electrons. The van der Waals surface area contributed by atoms with Crippen LogP contribution in [0.25, 0.3) is 0 Å². The number of hydrogen-bond donors (Lipinski definition) is 1. The molecule has 0 aromatic heterocycles. The highest BCUT2D eigenvalue weighted by atomic mass is 35.5. The van der Waals surface area contributed by atoms with E-state index in [9.17, 15) is 9.90 Å². The third-order valence-corrected chi connectivity index (χ3v) is 4.18. The minimum absolute atomic E-state index is 0.116. The predicted molar refractivity (Wildman–Crippen MR) is 87.4 cm³/mol. The van der Waals surface area contributed by atoms with Crippen molar-refractivity contribution in [3.8, 4) is 0 Å². The average molecular weight is 346 g/mol. The van der Waals surface area contributed by atoms with Crippen LogP contribution in [0.3, 0.4) is 0 Å². The molecule has 1 saturated heterocycles. The van der Waals surface area contributed by atoms with Crippen molar-refractivity contribution in [3.05, 3.63) is 33.8 Å². The molecule has 4 nitrogen and oxygen atoms in total. The van der Waals surface area contributed by atoms with E-state index >= 15 is 0 Å². The molecule has 0 bridgehead atoms. The molecule has 0 aliphatic carbocycles. The van der Waals surface area contributed by atoms with Gasteiger partial charge in [0.1, 0.15) is 11.2 Å². The highest BCUT2D eigenvalue weighted by molar-refractivity contribution is 6.36. The van der Waals surface area contributed by atoms with Gasteiger partial charge in [0.2, 0.25) is 0 Å². The SMILES string of the molecule is CC(C)(C)OC(=O)N1CCC[C@@](O)(c2c(Cl)cccc2Cl)C1. The number of hydrogen-bond acceptors (Lipinski definition) is 3. The first-order valence-corrected chi connectivity index (χ1v) is 8.03. The molecule has 1 aliphatic rings. The summed E-state index contributed by atoms with van der Waals surface area (Å²) < 4.78 is 5.38. The van der Waals surface area contributed by atoms with Crippen LogP contribution < -0.4 is 0 Å². The summed E-state index contributed by atoms with van der Waals surface area (Å²) in [4.78, 5) is 13.7. The van der Waals surface area contributed by atoms with E-state index in [4.69, 9.17) is 27.9 Å². The maximum atomic E-state index is 12.2. The van der Waals surface area contributed by atoms with Crippen molar-refractivity contribution in [2.75, 3.05) is 13.1 Å². The third kappa shape index (κ3) is 3.86. The van der Waals surface area contributed by atoms with Gasteiger partial charge in [-0.15, -0.1) is 0 Å². The second-order valence-corrected chi connectivity index (χ2v) is 7.45. The third-order valence-electron chi connectivity index (χ3n) is 3.55. The molecule has 1 amide bonds. The van der Waals surface area contributed by atoms with Crippen molar-refractivity contribution in [2.45, 2.75) is 44.8 Å². The molecule has 1 heterocycles. The number of ether oxygens (including phenoxy) is 1. The number of piperidine rings is 1. The van der Waals surface area contributed by atoms with Crippen LogP contribution in [0.15, 0.2) is 18.2 Å². The molecule has 0 saturated carbocycles. The minimum atomic E-state index is -1.26. The Hall–Kier alpha value is -0.970. The van der Waals surface area contributed by atoms with Crippen molar-refractivity contribution < 1.29 is 14.6 Å². The Labute approximate surface area is 141 Å². The second-order valence-electron chi connectivity index (χ2n) is 6.63. The molecular formula is C16H21Cl2NO3. The standard InChI is InChI=1S/C16H21Cl2NO3/c1-15(2,3)22-14(20)19-9-5-8-16(21,10-19)13-11(17)6-4-7-12(13)18/h4,6-7,21H,5,8-10H2,1-3H3/t16-/m0/s1. The van der Waals surface area contributed by atoms with E-state index in [0.717, 1.165) is 0 Å². The monoisotopic (exact) mass is 345 g/mol. The molecule has 1 aromatic carbocycles. The number of carbonyl (C=O) groups is 1. The number of benzene rings is 1. The lowest BCUT2D eigenvalue weighted by atomic mass is 9.85. The summed E-state index contributed by atoms with van der Waals surface area (Å²) in [5.41, 5.74) is -1.36. The molecule has 1 N–H and O–H groups in total. The lowest BCUT2D eigenvalue weighted by Crippen LogP contribution is -2.50. The molecular weight excluding hydrogens is 325 g/mol. The van der Waals surface area contributed by atoms with Gasteiger partial charge >= 0.3 is 6.09 Å². The highest BCUT2D eigenvalue weighted by Gasteiger charge is 2.40. The highest BCUT2D eigenvalue weighted by Crippen LogP contribution is 2.40. The first-order chi connectivity index (χ1) is 10.1. The fourth-order valence-electron chi connectivity index (χ4n) is 2.66. The Morgan fingerprint density at radius 3 is 2.45 bits per heavy atom. The number of rotatable bonds is 1. The quantitative estimate of drug-likeness (QED) is 0.829. The number of nitrogens with zero attached hydrogens (tertiary/aromatic N) is 1. The Balaban J connectivity index is 2.24. The van der Waals surface area contributed by atoms with Crippen LogP contribution in [0, 0.1) is 0 Å². The Kier molecular flexibility index (Phi) is 4.95. The van der Waals surface area contributed by atoms with Gasteiger partial charge in [0, 0.05) is 22.2 Å². The number of carbonyl (C=O) groups excluding carboxylic acids is 1. The number of likely N-dealkylation sites (tertiary alicyclic amines) is 1. The van der Waals surface area contributed by atoms with Crippen molar-refractivity contribution in [1.82, 2.24) is 4.90 Å². The zero-order valence-electron chi connectivity index (χ0n) is 13.0. The molecule has 2 rings (SSSR count). The van der Waals surface area contributed by atoms with E-state index in [2.05, 4.69) is 0 Å². The average Bonchev–Trinajstić information content (AvgIpc) is 2.36. The largest absolute Gasteiger partial charge is 0.444 e. The molecule has 6 heteroatoms. The molecule has 122 valence electrons. The first-order valence-electron chi connectivity index (χ1n) is 7.27. The van der Waals surface area contributed by atoms with Crippen molar-refractivity contribution in [1.29, 1.82) is 0 Å². The van der Waals surface area contributed by atoms with Gasteiger partial charge in [-0.25, -0.2) is 4.79 Å². The zero-order chi connectivity index (χ0) is 16.5. The van der Waals surface area contributed by atoms with Gasteiger partial charge in [-0.3, -0.25) is 0 Å². The normalized spacial score (nSPS) is 22.5. The molecule has 22 heavy (non-hydrogen) atoms. The molecule has 1 atom stereocenters. The smallest absolute Gasteiger partial charge is 0.410 e. The van der Waals surface area contributed by atoms with E-state index < -0.39 is 17.3 Å². The predicted octanol–water partition coefficient (Wildman–Crippen LogP) is 4.21. The lowest BCUT2D eigenvalue weighted by Gasteiger charge is -2.40. The summed E-state index contributed by atoms with van der Waals surface area (Å²) in [5.74, 6) is 0. The van der Waals surface area contributed by atoms with Gasteiger partial charge in [0.05, 0.1) is 6.54 Å². The van der Waals surface area contributed by atoms with Crippen LogP contribution in [0.5, 0.6) is 0 Å². The molecule has 1 fully saturated rings. The van der Waals surface area contributed by atoms with Gasteiger partial charge in [-0.1, -0.05) is 29.3 Å². The fraction of sp³-hybridized carbons (Fsp3) is 0.562. The maximum absolute atomic E-state index is 12.2. The first kappa shape index (κ1) is 17.4. The van der Waals surface area contributed by atoms with Gasteiger partial charge in [-0.2, -0.15) is 0 Å². The maximum Gasteiger partial charge on any atom is 0.410 e. The summed E-state index contributed by atoms with van der Waals surface area (Å²) in [6, 6.07) is 5.10. The molecule has 1 aromatic rings. The van der Waals surface area contributed by atoms with E-state index in [1.165, 1.54) is 4.90 Å². The van der Waals surface area contributed by atoms with Gasteiger partial charge in [0.25, 0.3) is 0 Å².